The molecule has 2 saturated heterocycles. The second-order valence-corrected chi connectivity index (χ2v) is 10.8. The summed E-state index contributed by atoms with van der Waals surface area (Å²) in [6, 6.07) is 10.9. The molecule has 1 saturated carbocycles. The molecule has 0 bridgehead atoms. The molecule has 5 atom stereocenters. The average Bonchev–Trinajstić information content (AvgIpc) is 2.61. The Kier molecular flexibility index (Phi) is 5.27. The number of ether oxygens (including phenoxy) is 2. The summed E-state index contributed by atoms with van der Waals surface area (Å²) >= 11 is 0.488. The van der Waals surface area contributed by atoms with Crippen LogP contribution in [-0.4, -0.2) is 57.0 Å². The van der Waals surface area contributed by atoms with Gasteiger partial charge in [0.05, 0.1) is 0 Å². The quantitative estimate of drug-likeness (QED) is 0.718. The molecule has 25 heavy (non-hydrogen) atoms. The molecule has 0 radical (unpaired) electrons. The number of morpholine rings is 1. The van der Waals surface area contributed by atoms with Gasteiger partial charge in [-0.05, 0) is 0 Å². The summed E-state index contributed by atoms with van der Waals surface area (Å²) in [7, 11) is 0. The molecule has 0 N–H and O–H groups in total. The van der Waals surface area contributed by atoms with Crippen molar-refractivity contribution < 1.29 is 9.47 Å². The Morgan fingerprint density at radius 1 is 1.20 bits per heavy atom. The van der Waals surface area contributed by atoms with Crippen LogP contribution in [0.1, 0.15) is 40.0 Å². The second kappa shape index (κ2) is 7.32. The van der Waals surface area contributed by atoms with E-state index in [4.69, 9.17) is 9.47 Å². The number of hydrogen-bond donors (Lipinski definition) is 0. The summed E-state index contributed by atoms with van der Waals surface area (Å²) < 4.78 is 14.2. The van der Waals surface area contributed by atoms with Crippen LogP contribution in [0.15, 0.2) is 30.3 Å². The average molecular weight is 408 g/mol. The van der Waals surface area contributed by atoms with Crippen LogP contribution in [0, 0.1) is 11.8 Å². The van der Waals surface area contributed by atoms with Gasteiger partial charge in [-0.1, -0.05) is 0 Å². The van der Waals surface area contributed by atoms with Gasteiger partial charge in [0.25, 0.3) is 0 Å². The summed E-state index contributed by atoms with van der Waals surface area (Å²) in [5, 5.41) is 1.15. The number of rotatable bonds is 3. The van der Waals surface area contributed by atoms with Gasteiger partial charge < -0.3 is 0 Å². The fourth-order valence-corrected chi connectivity index (χ4v) is 6.88. The first-order chi connectivity index (χ1) is 12.0. The van der Waals surface area contributed by atoms with Gasteiger partial charge in [0, 0.05) is 0 Å². The molecule has 0 aromatic heterocycles. The van der Waals surface area contributed by atoms with E-state index in [1.165, 1.54) is 23.7 Å². The first-order valence-corrected chi connectivity index (χ1v) is 11.8. The Morgan fingerprint density at radius 2 is 2.00 bits per heavy atom. The van der Waals surface area contributed by atoms with E-state index in [1.807, 2.05) is 0 Å². The van der Waals surface area contributed by atoms with Crippen molar-refractivity contribution in [2.45, 2.75) is 69.3 Å². The van der Waals surface area contributed by atoms with Gasteiger partial charge >= 0.3 is 158 Å². The van der Waals surface area contributed by atoms with E-state index >= 15 is 0 Å². The molecule has 138 valence electrons. The molecule has 4 rings (SSSR count). The van der Waals surface area contributed by atoms with Crippen molar-refractivity contribution in [3.05, 3.63) is 30.3 Å². The third kappa shape index (κ3) is 3.70. The van der Waals surface area contributed by atoms with Gasteiger partial charge in [0.15, 0.2) is 0 Å². The van der Waals surface area contributed by atoms with Crippen LogP contribution in [-0.2, 0) is 9.47 Å². The van der Waals surface area contributed by atoms with Crippen molar-refractivity contribution >= 4 is 19.4 Å². The molecule has 4 heteroatoms. The predicted octanol–water partition coefficient (Wildman–Crippen LogP) is 3.07. The van der Waals surface area contributed by atoms with Crippen molar-refractivity contribution in [1.82, 2.24) is 4.90 Å². The SMILES string of the molecule is C[C@@H]1CC[C@@H]2[C@@H](C1)O[C@H]1CO[C@H](C[Se]c3ccccc3)CN1C2(C)C. The van der Waals surface area contributed by atoms with Crippen LogP contribution in [0.5, 0.6) is 0 Å². The van der Waals surface area contributed by atoms with E-state index in [-0.39, 0.29) is 11.8 Å². The molecule has 1 aromatic rings. The Bertz CT molecular complexity index is 579. The molecule has 3 nitrogen and oxygen atoms in total. The topological polar surface area (TPSA) is 21.7 Å². The molecular weight excluding hydrogens is 377 g/mol. The van der Waals surface area contributed by atoms with E-state index in [9.17, 15) is 0 Å². The zero-order valence-electron chi connectivity index (χ0n) is 15.7. The minimum absolute atomic E-state index is 0.155. The van der Waals surface area contributed by atoms with Crippen molar-refractivity contribution in [2.75, 3.05) is 13.2 Å². The summed E-state index contributed by atoms with van der Waals surface area (Å²) in [4.78, 5) is 2.62. The monoisotopic (exact) mass is 409 g/mol. The fourth-order valence-electron chi connectivity index (χ4n) is 4.93. The number of fused-ring (bicyclic) bond motifs is 2. The van der Waals surface area contributed by atoms with Crippen molar-refractivity contribution in [3.63, 3.8) is 0 Å². The van der Waals surface area contributed by atoms with Gasteiger partial charge in [0.2, 0.25) is 0 Å². The predicted molar refractivity (Wildman–Crippen MR) is 102 cm³/mol. The Labute approximate surface area is 158 Å². The number of benzene rings is 1. The van der Waals surface area contributed by atoms with Crippen LogP contribution in [0.4, 0.5) is 0 Å². The van der Waals surface area contributed by atoms with Crippen LogP contribution in [0.3, 0.4) is 0 Å². The first kappa shape index (κ1) is 18.0. The summed E-state index contributed by atoms with van der Waals surface area (Å²) in [6.45, 7) is 9.02. The van der Waals surface area contributed by atoms with E-state index in [0.29, 0.717) is 33.1 Å². The van der Waals surface area contributed by atoms with Crippen molar-refractivity contribution in [3.8, 4) is 0 Å². The maximum atomic E-state index is 6.52. The van der Waals surface area contributed by atoms with Crippen LogP contribution < -0.4 is 4.46 Å². The molecule has 2 heterocycles. The number of nitrogens with zero attached hydrogens (tertiary/aromatic N) is 1. The van der Waals surface area contributed by atoms with Gasteiger partial charge in [-0.25, -0.2) is 0 Å². The molecule has 1 aliphatic carbocycles. The maximum absolute atomic E-state index is 6.52. The van der Waals surface area contributed by atoms with Crippen LogP contribution >= 0.6 is 0 Å². The second-order valence-electron chi connectivity index (χ2n) is 8.54. The van der Waals surface area contributed by atoms with E-state index < -0.39 is 0 Å². The van der Waals surface area contributed by atoms with Crippen molar-refractivity contribution in [2.24, 2.45) is 11.8 Å². The van der Waals surface area contributed by atoms with Gasteiger partial charge in [-0.15, -0.1) is 0 Å². The zero-order valence-corrected chi connectivity index (χ0v) is 17.4. The Morgan fingerprint density at radius 3 is 2.80 bits per heavy atom. The minimum atomic E-state index is 0.155. The summed E-state index contributed by atoms with van der Waals surface area (Å²) in [6.07, 6.45) is 4.80. The molecule has 0 spiro atoms. The first-order valence-electron chi connectivity index (χ1n) is 9.75. The normalized spacial score (nSPS) is 38.0. The Hall–Kier alpha value is -0.381. The summed E-state index contributed by atoms with van der Waals surface area (Å²) in [5.74, 6) is 1.47. The molecular formula is C21H31NO2Se. The molecule has 2 aliphatic heterocycles. The number of hydrogen-bond acceptors (Lipinski definition) is 3. The van der Waals surface area contributed by atoms with Gasteiger partial charge in [-0.3, -0.25) is 0 Å². The van der Waals surface area contributed by atoms with Gasteiger partial charge in [-0.2, -0.15) is 0 Å². The third-order valence-corrected chi connectivity index (χ3v) is 8.84. The standard InChI is InChI=1S/C21H31NO2Se/c1-15-9-10-18-19(11-15)24-20-13-23-16(12-22(20)21(18,2)3)14-25-17-7-5-4-6-8-17/h4-8,15-16,18-20H,9-14H2,1-3H3/t15-,16+,18-,19-,20+/m1/s1. The molecule has 0 amide bonds. The zero-order chi connectivity index (χ0) is 17.4. The van der Waals surface area contributed by atoms with Crippen LogP contribution in [0.25, 0.3) is 0 Å². The van der Waals surface area contributed by atoms with E-state index in [2.05, 4.69) is 56.0 Å². The fraction of sp³-hybridized carbons (Fsp3) is 0.714. The van der Waals surface area contributed by atoms with Crippen molar-refractivity contribution in [1.29, 1.82) is 0 Å². The van der Waals surface area contributed by atoms with E-state index in [0.717, 1.165) is 24.4 Å². The third-order valence-electron chi connectivity index (χ3n) is 6.44. The van der Waals surface area contributed by atoms with Gasteiger partial charge in [0.1, 0.15) is 0 Å². The molecule has 1 aromatic carbocycles. The summed E-state index contributed by atoms with van der Waals surface area (Å²) in [5.41, 5.74) is 0.218. The molecule has 3 aliphatic rings. The Balaban J connectivity index is 1.41. The molecule has 0 unspecified atom stereocenters. The van der Waals surface area contributed by atoms with E-state index in [1.54, 1.807) is 0 Å². The van der Waals surface area contributed by atoms with Crippen LogP contribution in [0.2, 0.25) is 5.32 Å². The molecule has 3 fully saturated rings.